The third kappa shape index (κ3) is 5.34. The van der Waals surface area contributed by atoms with Gasteiger partial charge in [-0.3, -0.25) is 10.1 Å². The van der Waals surface area contributed by atoms with Crippen LogP contribution in [0.25, 0.3) is 0 Å². The Balaban J connectivity index is 1.46. The van der Waals surface area contributed by atoms with E-state index in [0.717, 1.165) is 21.7 Å². The van der Waals surface area contributed by atoms with Crippen LogP contribution < -0.4 is 10.6 Å². The fourth-order valence-electron chi connectivity index (χ4n) is 3.96. The summed E-state index contributed by atoms with van der Waals surface area (Å²) < 4.78 is 0. The molecule has 0 unspecified atom stereocenters. The molecule has 0 saturated heterocycles. The molecule has 1 aliphatic rings. The average Bonchev–Trinajstić information content (AvgIpc) is 3.19. The van der Waals surface area contributed by atoms with Crippen LogP contribution in [0.2, 0.25) is 0 Å². The predicted molar refractivity (Wildman–Crippen MR) is 128 cm³/mol. The van der Waals surface area contributed by atoms with Crippen molar-refractivity contribution < 1.29 is 9.59 Å². The van der Waals surface area contributed by atoms with E-state index in [4.69, 9.17) is 0 Å². The Morgan fingerprint density at radius 2 is 1.66 bits per heavy atom. The first kappa shape index (κ1) is 22.0. The van der Waals surface area contributed by atoms with Crippen molar-refractivity contribution in [1.82, 2.24) is 15.2 Å². The molecule has 7 heteroatoms. The summed E-state index contributed by atoms with van der Waals surface area (Å²) >= 11 is 1.45. The first-order valence-electron chi connectivity index (χ1n) is 10.9. The summed E-state index contributed by atoms with van der Waals surface area (Å²) in [5.41, 5.74) is 3.26. The highest BCUT2D eigenvalue weighted by Gasteiger charge is 2.27. The molecule has 0 fully saturated rings. The third-order valence-electron chi connectivity index (χ3n) is 5.51. The largest absolute Gasteiger partial charge is 0.337 e. The first-order chi connectivity index (χ1) is 15.5. The maximum atomic E-state index is 13.3. The van der Waals surface area contributed by atoms with Crippen LogP contribution in [0, 0.1) is 0 Å². The normalized spacial score (nSPS) is 13.2. The van der Waals surface area contributed by atoms with Gasteiger partial charge in [-0.1, -0.05) is 72.0 Å². The zero-order valence-electron chi connectivity index (χ0n) is 18.4. The third-order valence-corrected chi connectivity index (χ3v) is 6.50. The number of nitrogens with zero attached hydrogens (tertiary/aromatic N) is 2. The lowest BCUT2D eigenvalue weighted by Crippen LogP contribution is -2.36. The zero-order chi connectivity index (χ0) is 22.5. The van der Waals surface area contributed by atoms with E-state index in [2.05, 4.69) is 39.9 Å². The molecule has 0 bridgehead atoms. The minimum atomic E-state index is -0.257. The predicted octanol–water partition coefficient (Wildman–Crippen LogP) is 4.78. The van der Waals surface area contributed by atoms with Gasteiger partial charge in [-0.15, -0.1) is 0 Å². The van der Waals surface area contributed by atoms with Gasteiger partial charge >= 0.3 is 6.03 Å². The molecular formula is C25H28N4O2S. The first-order valence-corrected chi connectivity index (χ1v) is 11.7. The molecule has 166 valence electrons. The molecule has 32 heavy (non-hydrogen) atoms. The van der Waals surface area contributed by atoms with Gasteiger partial charge in [-0.2, -0.15) is 0 Å². The van der Waals surface area contributed by atoms with Crippen LogP contribution in [-0.2, 0) is 17.8 Å². The number of carbonyl (C=O) groups excluding carboxylic acids is 2. The molecule has 0 spiro atoms. The number of carbonyl (C=O) groups is 2. The van der Waals surface area contributed by atoms with E-state index in [0.29, 0.717) is 31.1 Å². The second-order valence-corrected chi connectivity index (χ2v) is 9.37. The Labute approximate surface area is 192 Å². The number of hydrogen-bond donors (Lipinski definition) is 2. The van der Waals surface area contributed by atoms with E-state index < -0.39 is 0 Å². The standard InChI is InChI=1S/C25H28N4O2S/c1-17(2)26-24(31)28-25-27-21-13-14-29(16-22(21)32-25)23(30)15-20(18-9-5-3-6-10-18)19-11-7-4-8-12-19/h3-12,17,20H,13-16H2,1-2H3,(H2,26,27,28,31). The summed E-state index contributed by atoms with van der Waals surface area (Å²) in [6.45, 7) is 5.00. The molecule has 3 amide bonds. The topological polar surface area (TPSA) is 74.3 Å². The molecular weight excluding hydrogens is 420 g/mol. The van der Waals surface area contributed by atoms with Crippen LogP contribution in [0.5, 0.6) is 0 Å². The van der Waals surface area contributed by atoms with Crippen LogP contribution in [0.4, 0.5) is 9.93 Å². The van der Waals surface area contributed by atoms with Gasteiger partial charge in [0.1, 0.15) is 0 Å². The number of aromatic nitrogens is 1. The van der Waals surface area contributed by atoms with Crippen LogP contribution in [0.3, 0.4) is 0 Å². The van der Waals surface area contributed by atoms with Crippen LogP contribution in [0.15, 0.2) is 60.7 Å². The molecule has 3 aromatic rings. The van der Waals surface area contributed by atoms with Crippen molar-refractivity contribution in [2.45, 2.75) is 45.2 Å². The van der Waals surface area contributed by atoms with Crippen LogP contribution in [-0.4, -0.2) is 34.4 Å². The highest BCUT2D eigenvalue weighted by atomic mass is 32.1. The van der Waals surface area contributed by atoms with E-state index in [9.17, 15) is 9.59 Å². The van der Waals surface area contributed by atoms with Crippen molar-refractivity contribution in [3.63, 3.8) is 0 Å². The highest BCUT2D eigenvalue weighted by molar-refractivity contribution is 7.15. The molecule has 0 atom stereocenters. The average molecular weight is 449 g/mol. The van der Waals surface area contributed by atoms with Gasteiger partial charge in [0.2, 0.25) is 5.91 Å². The Hall–Kier alpha value is -3.19. The van der Waals surface area contributed by atoms with Gasteiger partial charge < -0.3 is 10.2 Å². The minimum Gasteiger partial charge on any atom is -0.337 e. The molecule has 1 aliphatic heterocycles. The maximum absolute atomic E-state index is 13.3. The van der Waals surface area contributed by atoms with Crippen LogP contribution in [0.1, 0.15) is 47.9 Å². The maximum Gasteiger partial charge on any atom is 0.321 e. The Bertz CT molecular complexity index is 1030. The molecule has 2 N–H and O–H groups in total. The lowest BCUT2D eigenvalue weighted by molar-refractivity contribution is -0.132. The molecule has 6 nitrogen and oxygen atoms in total. The molecule has 2 heterocycles. The van der Waals surface area contributed by atoms with E-state index in [1.807, 2.05) is 55.1 Å². The number of amides is 3. The van der Waals surface area contributed by atoms with Gasteiger partial charge in [0.05, 0.1) is 12.2 Å². The van der Waals surface area contributed by atoms with Crippen LogP contribution >= 0.6 is 11.3 Å². The van der Waals surface area contributed by atoms with E-state index >= 15 is 0 Å². The quantitative estimate of drug-likeness (QED) is 0.570. The summed E-state index contributed by atoms with van der Waals surface area (Å²) in [4.78, 5) is 32.8. The molecule has 0 radical (unpaired) electrons. The van der Waals surface area contributed by atoms with Gasteiger partial charge in [0.15, 0.2) is 5.13 Å². The summed E-state index contributed by atoms with van der Waals surface area (Å²) in [6, 6.07) is 20.2. The van der Waals surface area contributed by atoms with Gasteiger partial charge in [0.25, 0.3) is 0 Å². The molecule has 0 aliphatic carbocycles. The van der Waals surface area contributed by atoms with Gasteiger partial charge in [-0.25, -0.2) is 9.78 Å². The number of urea groups is 1. The smallest absolute Gasteiger partial charge is 0.321 e. The van der Waals surface area contributed by atoms with Crippen molar-refractivity contribution in [2.24, 2.45) is 0 Å². The Morgan fingerprint density at radius 1 is 1.03 bits per heavy atom. The summed E-state index contributed by atoms with van der Waals surface area (Å²) in [5, 5.41) is 6.18. The fraction of sp³-hybridized carbons (Fsp3) is 0.320. The number of rotatable bonds is 6. The summed E-state index contributed by atoms with van der Waals surface area (Å²) in [6.07, 6.45) is 1.12. The molecule has 4 rings (SSSR count). The Kier molecular flexibility index (Phi) is 6.85. The zero-order valence-corrected chi connectivity index (χ0v) is 19.2. The number of hydrogen-bond acceptors (Lipinski definition) is 4. The lowest BCUT2D eigenvalue weighted by Gasteiger charge is -2.28. The van der Waals surface area contributed by atoms with E-state index in [1.54, 1.807) is 0 Å². The number of thiazole rings is 1. The molecule has 0 saturated carbocycles. The number of benzene rings is 2. The SMILES string of the molecule is CC(C)NC(=O)Nc1nc2c(s1)CN(C(=O)CC(c1ccccc1)c1ccccc1)CC2. The second-order valence-electron chi connectivity index (χ2n) is 8.29. The number of nitrogens with one attached hydrogen (secondary N) is 2. The fourth-order valence-corrected chi connectivity index (χ4v) is 4.98. The van der Waals surface area contributed by atoms with Gasteiger partial charge in [0, 0.05) is 36.2 Å². The van der Waals surface area contributed by atoms with Crippen molar-refractivity contribution in [3.8, 4) is 0 Å². The molecule has 1 aromatic heterocycles. The Morgan fingerprint density at radius 3 is 2.25 bits per heavy atom. The van der Waals surface area contributed by atoms with Crippen molar-refractivity contribution in [2.75, 3.05) is 11.9 Å². The lowest BCUT2D eigenvalue weighted by atomic mass is 9.88. The van der Waals surface area contributed by atoms with E-state index in [1.165, 1.54) is 11.3 Å². The summed E-state index contributed by atoms with van der Waals surface area (Å²) in [7, 11) is 0. The number of fused-ring (bicyclic) bond motifs is 1. The highest BCUT2D eigenvalue weighted by Crippen LogP contribution is 2.32. The second kappa shape index (κ2) is 9.96. The van der Waals surface area contributed by atoms with E-state index in [-0.39, 0.29) is 23.9 Å². The summed E-state index contributed by atoms with van der Waals surface area (Å²) in [5.74, 6) is 0.151. The monoisotopic (exact) mass is 448 g/mol. The van der Waals surface area contributed by atoms with Crippen molar-refractivity contribution in [3.05, 3.63) is 82.4 Å². The van der Waals surface area contributed by atoms with Crippen molar-refractivity contribution in [1.29, 1.82) is 0 Å². The van der Waals surface area contributed by atoms with Gasteiger partial charge in [-0.05, 0) is 25.0 Å². The number of anilines is 1. The molecule has 2 aromatic carbocycles. The minimum absolute atomic E-state index is 0.0183. The van der Waals surface area contributed by atoms with Crippen molar-refractivity contribution >= 4 is 28.4 Å².